The average molecular weight is 595 g/mol. The topological polar surface area (TPSA) is 108 Å². The van der Waals surface area contributed by atoms with E-state index in [1.807, 2.05) is 0 Å². The fourth-order valence-corrected chi connectivity index (χ4v) is 8.69. The molecule has 0 aromatic heterocycles. The number of benzene rings is 4. The molecule has 0 atom stereocenters. The van der Waals surface area contributed by atoms with Crippen molar-refractivity contribution in [1.29, 1.82) is 0 Å². The van der Waals surface area contributed by atoms with Gasteiger partial charge in [0.05, 0.1) is 26.4 Å². The van der Waals surface area contributed by atoms with E-state index in [0.29, 0.717) is 22.3 Å². The average Bonchev–Trinajstić information content (AvgIpc) is 3.02. The molecule has 0 bridgehead atoms. The highest BCUT2D eigenvalue weighted by atomic mass is 31.2. The largest absolute Gasteiger partial charge is 0.480 e. The molecule has 0 aliphatic rings. The monoisotopic (exact) mass is 594 g/mol. The van der Waals surface area contributed by atoms with Crippen LogP contribution >= 0.6 is 15.2 Å². The third-order valence-corrected chi connectivity index (χ3v) is 12.3. The first-order valence-electron chi connectivity index (χ1n) is 12.9. The van der Waals surface area contributed by atoms with Gasteiger partial charge in [0.2, 0.25) is 0 Å². The molecule has 8 nitrogen and oxygen atoms in total. The second-order valence-electron chi connectivity index (χ2n) is 9.36. The maximum Gasteiger partial charge on any atom is 0.360 e. The first-order valence-corrected chi connectivity index (χ1v) is 16.0. The fraction of sp³-hybridized carbons (Fsp3) is 0.194. The third kappa shape index (κ3) is 7.49. The summed E-state index contributed by atoms with van der Waals surface area (Å²) < 4.78 is 52.8. The van der Waals surface area contributed by atoms with Gasteiger partial charge in [0.25, 0.3) is 4.90 Å². The Morgan fingerprint density at radius 3 is 0.951 bits per heavy atom. The van der Waals surface area contributed by atoms with Crippen molar-refractivity contribution < 1.29 is 37.1 Å². The van der Waals surface area contributed by atoms with Crippen LogP contribution < -0.4 is 0 Å². The van der Waals surface area contributed by atoms with Gasteiger partial charge >= 0.3 is 21.2 Å². The quantitative estimate of drug-likeness (QED) is 0.138. The molecule has 0 saturated heterocycles. The van der Waals surface area contributed by atoms with Crippen LogP contribution in [0.5, 0.6) is 0 Å². The van der Waals surface area contributed by atoms with Crippen LogP contribution in [0.4, 0.5) is 0 Å². The number of aliphatic carboxylic acids is 1. The highest BCUT2D eigenvalue weighted by molar-refractivity contribution is 7.75. The van der Waals surface area contributed by atoms with E-state index in [9.17, 15) is 19.0 Å². The van der Waals surface area contributed by atoms with Crippen molar-refractivity contribution in [1.82, 2.24) is 0 Å². The van der Waals surface area contributed by atoms with E-state index in [-0.39, 0.29) is 26.4 Å². The maximum atomic E-state index is 14.7. The molecule has 214 valence electrons. The fourth-order valence-electron chi connectivity index (χ4n) is 3.90. The van der Waals surface area contributed by atoms with Crippen molar-refractivity contribution in [3.8, 4) is 0 Å². The second-order valence-corrected chi connectivity index (χ2v) is 14.5. The van der Waals surface area contributed by atoms with Crippen molar-refractivity contribution in [2.24, 2.45) is 0 Å². The molecule has 4 aromatic rings. The van der Waals surface area contributed by atoms with Gasteiger partial charge in [-0.15, -0.1) is 0 Å². The molecule has 0 aliphatic carbocycles. The first-order chi connectivity index (χ1) is 19.8. The Balaban J connectivity index is 1.75. The summed E-state index contributed by atoms with van der Waals surface area (Å²) in [5.74, 6) is -1.70. The Hall–Kier alpha value is -3.35. The standard InChI is InChI=1S/C31H32O8P2/c1-31(30(32)33,40(34,36-22-26-14-6-2-7-15-26)37-23-27-16-8-3-9-17-27)41(35,38-24-28-18-10-4-11-19-28)39-25-29-20-12-5-13-21-29/h2-21H,22-25H2,1H3,(H,32,33). The van der Waals surface area contributed by atoms with E-state index in [1.54, 1.807) is 121 Å². The number of hydrogen-bond donors (Lipinski definition) is 1. The van der Waals surface area contributed by atoms with Crippen molar-refractivity contribution >= 4 is 21.2 Å². The minimum atomic E-state index is -4.81. The second kappa shape index (κ2) is 14.0. The molecule has 4 rings (SSSR count). The van der Waals surface area contributed by atoms with E-state index in [1.165, 1.54) is 0 Å². The smallest absolute Gasteiger partial charge is 0.360 e. The Bertz CT molecular complexity index is 1280. The van der Waals surface area contributed by atoms with Gasteiger partial charge in [-0.25, -0.2) is 0 Å². The number of carboxylic acid groups (broad SMARTS) is 1. The number of hydrogen-bond acceptors (Lipinski definition) is 7. The van der Waals surface area contributed by atoms with Crippen LogP contribution in [0.3, 0.4) is 0 Å². The minimum absolute atomic E-state index is 0.257. The first kappa shape index (κ1) is 30.6. The van der Waals surface area contributed by atoms with Gasteiger partial charge in [-0.1, -0.05) is 121 Å². The molecular formula is C31H32O8P2. The number of carbonyl (C=O) groups is 1. The lowest BCUT2D eigenvalue weighted by molar-refractivity contribution is -0.138. The van der Waals surface area contributed by atoms with E-state index >= 15 is 0 Å². The van der Waals surface area contributed by atoms with Crippen LogP contribution in [0.25, 0.3) is 0 Å². The van der Waals surface area contributed by atoms with Crippen molar-refractivity contribution in [3.63, 3.8) is 0 Å². The molecule has 41 heavy (non-hydrogen) atoms. The molecule has 0 saturated carbocycles. The van der Waals surface area contributed by atoms with Gasteiger partial charge in [0.1, 0.15) is 0 Å². The van der Waals surface area contributed by atoms with E-state index in [4.69, 9.17) is 18.1 Å². The SMILES string of the molecule is CC(C(=O)O)(P(=O)(OCc1ccccc1)OCc1ccccc1)P(=O)(OCc1ccccc1)OCc1ccccc1. The van der Waals surface area contributed by atoms with E-state index < -0.39 is 26.1 Å². The van der Waals surface area contributed by atoms with Crippen LogP contribution in [0.1, 0.15) is 29.2 Å². The zero-order chi connectivity index (χ0) is 29.2. The molecule has 0 aliphatic heterocycles. The molecule has 1 N–H and O–H groups in total. The summed E-state index contributed by atoms with van der Waals surface area (Å²) in [5, 5.41) is 10.6. The van der Waals surface area contributed by atoms with E-state index in [0.717, 1.165) is 6.92 Å². The lowest BCUT2D eigenvalue weighted by Crippen LogP contribution is -2.38. The van der Waals surface area contributed by atoms with Crippen molar-refractivity contribution in [2.75, 3.05) is 0 Å². The molecule has 0 spiro atoms. The molecule has 0 unspecified atom stereocenters. The highest BCUT2D eigenvalue weighted by Gasteiger charge is 2.68. The Labute approximate surface area is 239 Å². The molecule has 0 heterocycles. The van der Waals surface area contributed by atoms with Gasteiger partial charge in [0, 0.05) is 0 Å². The predicted molar refractivity (Wildman–Crippen MR) is 156 cm³/mol. The Morgan fingerprint density at radius 2 is 0.756 bits per heavy atom. The zero-order valence-electron chi connectivity index (χ0n) is 22.6. The predicted octanol–water partition coefficient (Wildman–Crippen LogP) is 8.04. The molecule has 0 fully saturated rings. The van der Waals surface area contributed by atoms with Crippen LogP contribution in [0, 0.1) is 0 Å². The molecular weight excluding hydrogens is 562 g/mol. The Morgan fingerprint density at radius 1 is 0.537 bits per heavy atom. The minimum Gasteiger partial charge on any atom is -0.480 e. The van der Waals surface area contributed by atoms with Crippen LogP contribution in [0.15, 0.2) is 121 Å². The van der Waals surface area contributed by atoms with Crippen LogP contribution in [-0.2, 0) is 58.4 Å². The van der Waals surface area contributed by atoms with Gasteiger partial charge < -0.3 is 23.2 Å². The summed E-state index contributed by atoms with van der Waals surface area (Å²) >= 11 is 0. The Kier molecular flexibility index (Phi) is 10.5. The zero-order valence-corrected chi connectivity index (χ0v) is 24.4. The van der Waals surface area contributed by atoms with Gasteiger partial charge in [0.15, 0.2) is 0 Å². The van der Waals surface area contributed by atoms with Crippen molar-refractivity contribution in [2.45, 2.75) is 38.2 Å². The third-order valence-electron chi connectivity index (χ3n) is 6.45. The van der Waals surface area contributed by atoms with Gasteiger partial charge in [-0.05, 0) is 29.2 Å². The molecule has 0 radical (unpaired) electrons. The van der Waals surface area contributed by atoms with Gasteiger partial charge in [-0.2, -0.15) is 0 Å². The summed E-state index contributed by atoms with van der Waals surface area (Å²) in [5.41, 5.74) is 2.48. The lowest BCUT2D eigenvalue weighted by atomic mass is 10.2. The summed E-state index contributed by atoms with van der Waals surface area (Å²) in [6, 6.07) is 35.2. The van der Waals surface area contributed by atoms with Gasteiger partial charge in [-0.3, -0.25) is 13.9 Å². The molecule has 0 amide bonds. The summed E-state index contributed by atoms with van der Waals surface area (Å²) in [6.45, 7) is 0.0173. The summed E-state index contributed by atoms with van der Waals surface area (Å²) in [4.78, 5) is 10.4. The number of carboxylic acids is 1. The molecule has 10 heteroatoms. The normalized spacial score (nSPS) is 12.2. The van der Waals surface area contributed by atoms with Crippen LogP contribution in [-0.4, -0.2) is 16.0 Å². The summed E-state index contributed by atoms with van der Waals surface area (Å²) in [6.07, 6.45) is 0. The molecule has 4 aromatic carbocycles. The highest BCUT2D eigenvalue weighted by Crippen LogP contribution is 2.78. The summed E-state index contributed by atoms with van der Waals surface area (Å²) in [7, 11) is -9.61. The van der Waals surface area contributed by atoms with Crippen molar-refractivity contribution in [3.05, 3.63) is 144 Å². The maximum absolute atomic E-state index is 14.7. The lowest BCUT2D eigenvalue weighted by Gasteiger charge is -2.37. The van der Waals surface area contributed by atoms with E-state index in [2.05, 4.69) is 0 Å². The number of rotatable bonds is 15. The van der Waals surface area contributed by atoms with Crippen LogP contribution in [0.2, 0.25) is 0 Å².